The first kappa shape index (κ1) is 23.0. The van der Waals surface area contributed by atoms with E-state index in [0.29, 0.717) is 6.54 Å². The summed E-state index contributed by atoms with van der Waals surface area (Å²) in [5, 5.41) is 2.73. The van der Waals surface area contributed by atoms with Crippen LogP contribution in [0.2, 0.25) is 0 Å². The van der Waals surface area contributed by atoms with Crippen molar-refractivity contribution in [3.05, 3.63) is 54.1 Å². The fourth-order valence-corrected chi connectivity index (χ4v) is 3.07. The summed E-state index contributed by atoms with van der Waals surface area (Å²) >= 11 is 0. The average Bonchev–Trinajstić information content (AvgIpc) is 2.64. The maximum absolute atomic E-state index is 11.9. The molecule has 0 fully saturated rings. The molecule has 27 heavy (non-hydrogen) atoms. The third-order valence-corrected chi connectivity index (χ3v) is 4.96. The lowest BCUT2D eigenvalue weighted by atomic mass is 10.0. The quantitative estimate of drug-likeness (QED) is 0.692. The van der Waals surface area contributed by atoms with Crippen LogP contribution < -0.4 is 15.8 Å². The highest BCUT2D eigenvalue weighted by Crippen LogP contribution is 2.22. The van der Waals surface area contributed by atoms with Crippen molar-refractivity contribution >= 4 is 28.2 Å². The molecule has 2 aromatic rings. The number of ether oxygens (including phenoxy) is 1. The minimum Gasteiger partial charge on any atom is -0.497 e. The Balaban J connectivity index is 0.00000364. The van der Waals surface area contributed by atoms with Crippen LogP contribution in [0, 0.1) is 0 Å². The molecular weight excluding hydrogens is 388 g/mol. The molecule has 2 aromatic carbocycles. The molecule has 0 spiro atoms. The van der Waals surface area contributed by atoms with Crippen LogP contribution in [0.4, 0.5) is 0 Å². The summed E-state index contributed by atoms with van der Waals surface area (Å²) in [7, 11) is -1.49. The summed E-state index contributed by atoms with van der Waals surface area (Å²) in [5.74, 6) is 0.353. The van der Waals surface area contributed by atoms with E-state index in [1.807, 2.05) is 48.5 Å². The van der Waals surface area contributed by atoms with E-state index in [9.17, 15) is 13.2 Å². The molecule has 8 heteroatoms. The van der Waals surface area contributed by atoms with E-state index < -0.39 is 15.9 Å². The Morgan fingerprint density at radius 3 is 2.07 bits per heavy atom. The number of rotatable bonds is 8. The van der Waals surface area contributed by atoms with Gasteiger partial charge >= 0.3 is 0 Å². The zero-order valence-electron chi connectivity index (χ0n) is 15.3. The fourth-order valence-electron chi connectivity index (χ4n) is 2.39. The summed E-state index contributed by atoms with van der Waals surface area (Å²) < 4.78 is 27.4. The molecular formula is C19H25ClN2O4S. The summed E-state index contributed by atoms with van der Waals surface area (Å²) in [6, 6.07) is 14.8. The van der Waals surface area contributed by atoms with Crippen molar-refractivity contribution in [1.29, 1.82) is 0 Å². The number of hydrogen-bond donors (Lipinski definition) is 2. The van der Waals surface area contributed by atoms with Crippen LogP contribution in [-0.4, -0.2) is 39.5 Å². The van der Waals surface area contributed by atoms with E-state index in [4.69, 9.17) is 10.5 Å². The fraction of sp³-hybridized carbons (Fsp3) is 0.316. The lowest BCUT2D eigenvalue weighted by Gasteiger charge is -2.12. The molecule has 0 radical (unpaired) electrons. The predicted octanol–water partition coefficient (Wildman–Crippen LogP) is 2.16. The highest BCUT2D eigenvalue weighted by atomic mass is 35.5. The van der Waals surface area contributed by atoms with Gasteiger partial charge in [0.2, 0.25) is 5.91 Å². The van der Waals surface area contributed by atoms with E-state index in [-0.39, 0.29) is 30.5 Å². The summed E-state index contributed by atoms with van der Waals surface area (Å²) in [5.41, 5.74) is 8.80. The number of sulfone groups is 1. The van der Waals surface area contributed by atoms with E-state index in [0.717, 1.165) is 28.7 Å². The minimum absolute atomic E-state index is 0. The number of amides is 1. The van der Waals surface area contributed by atoms with Crippen LogP contribution in [-0.2, 0) is 21.2 Å². The number of carbonyl (C=O) groups is 1. The van der Waals surface area contributed by atoms with Crippen LogP contribution in [0.1, 0.15) is 12.0 Å². The topological polar surface area (TPSA) is 98.5 Å². The smallest absolute Gasteiger partial charge is 0.237 e. The molecule has 0 saturated carbocycles. The van der Waals surface area contributed by atoms with Crippen molar-refractivity contribution in [1.82, 2.24) is 5.32 Å². The van der Waals surface area contributed by atoms with Crippen molar-refractivity contribution < 1.29 is 17.9 Å². The minimum atomic E-state index is -3.12. The van der Waals surface area contributed by atoms with Crippen LogP contribution in [0.3, 0.4) is 0 Å². The maximum Gasteiger partial charge on any atom is 0.237 e. The monoisotopic (exact) mass is 412 g/mol. The molecule has 3 N–H and O–H groups in total. The van der Waals surface area contributed by atoms with Crippen molar-refractivity contribution in [3.63, 3.8) is 0 Å². The number of carbonyl (C=O) groups excluding carboxylic acids is 1. The van der Waals surface area contributed by atoms with Crippen LogP contribution >= 0.6 is 12.4 Å². The molecule has 0 saturated heterocycles. The molecule has 6 nitrogen and oxygen atoms in total. The van der Waals surface area contributed by atoms with Crippen molar-refractivity contribution in [3.8, 4) is 16.9 Å². The van der Waals surface area contributed by atoms with Gasteiger partial charge in [0.25, 0.3) is 0 Å². The Kier molecular flexibility index (Phi) is 8.75. The molecule has 1 atom stereocenters. The summed E-state index contributed by atoms with van der Waals surface area (Å²) in [6.07, 6.45) is 1.24. The van der Waals surface area contributed by atoms with Gasteiger partial charge in [0.05, 0.1) is 18.9 Å². The van der Waals surface area contributed by atoms with Crippen molar-refractivity contribution in [2.75, 3.05) is 19.1 Å². The molecule has 0 heterocycles. The summed E-state index contributed by atoms with van der Waals surface area (Å²) in [4.78, 5) is 11.9. The van der Waals surface area contributed by atoms with Crippen LogP contribution in [0.5, 0.6) is 5.75 Å². The molecule has 0 aliphatic rings. The maximum atomic E-state index is 11.9. The lowest BCUT2D eigenvalue weighted by molar-refractivity contribution is -0.122. The second kappa shape index (κ2) is 10.3. The molecule has 148 valence electrons. The highest BCUT2D eigenvalue weighted by Gasteiger charge is 2.15. The van der Waals surface area contributed by atoms with Gasteiger partial charge in [0.1, 0.15) is 15.6 Å². The van der Waals surface area contributed by atoms with E-state index in [2.05, 4.69) is 5.32 Å². The van der Waals surface area contributed by atoms with Gasteiger partial charge in [-0.25, -0.2) is 8.42 Å². The molecule has 2 rings (SSSR count). The number of benzene rings is 2. The van der Waals surface area contributed by atoms with Gasteiger partial charge in [0, 0.05) is 12.8 Å². The third-order valence-electron chi connectivity index (χ3n) is 3.98. The SMILES string of the molecule is COc1ccc(-c2ccc(CNC(=O)C(N)CCS(C)(=O)=O)cc2)cc1.Cl. The van der Waals surface area contributed by atoms with Crippen molar-refractivity contribution in [2.45, 2.75) is 19.0 Å². The standard InChI is InChI=1S/C19H24N2O4S.ClH/c1-25-17-9-7-16(8-10-17)15-5-3-14(4-6-15)13-21-19(22)18(20)11-12-26(2,23)24;/h3-10,18H,11-13,20H2,1-2H3,(H,21,22);1H. The normalized spacial score (nSPS) is 12.0. The first-order chi connectivity index (χ1) is 12.3. The zero-order valence-corrected chi connectivity index (χ0v) is 17.0. The zero-order chi connectivity index (χ0) is 19.2. The van der Waals surface area contributed by atoms with Gasteiger partial charge in [-0.1, -0.05) is 36.4 Å². The van der Waals surface area contributed by atoms with Gasteiger partial charge in [-0.3, -0.25) is 4.79 Å². The average molecular weight is 413 g/mol. The molecule has 0 aliphatic carbocycles. The molecule has 0 aliphatic heterocycles. The summed E-state index contributed by atoms with van der Waals surface area (Å²) in [6.45, 7) is 0.342. The first-order valence-electron chi connectivity index (χ1n) is 8.23. The first-order valence-corrected chi connectivity index (χ1v) is 10.3. The largest absolute Gasteiger partial charge is 0.497 e. The molecule has 1 amide bonds. The number of nitrogens with one attached hydrogen (secondary N) is 1. The van der Waals surface area contributed by atoms with Crippen LogP contribution in [0.25, 0.3) is 11.1 Å². The molecule has 0 bridgehead atoms. The van der Waals surface area contributed by atoms with Gasteiger partial charge in [-0.2, -0.15) is 0 Å². The number of nitrogens with two attached hydrogens (primary N) is 1. The molecule has 0 aromatic heterocycles. The van der Waals surface area contributed by atoms with Gasteiger partial charge < -0.3 is 15.8 Å². The Hall–Kier alpha value is -2.09. The predicted molar refractivity (Wildman–Crippen MR) is 110 cm³/mol. The van der Waals surface area contributed by atoms with Gasteiger partial charge in [-0.15, -0.1) is 12.4 Å². The second-order valence-electron chi connectivity index (χ2n) is 6.17. The lowest BCUT2D eigenvalue weighted by Crippen LogP contribution is -2.41. The Labute approximate surface area is 166 Å². The number of halogens is 1. The Bertz CT molecular complexity index is 837. The Morgan fingerprint density at radius 1 is 1.07 bits per heavy atom. The van der Waals surface area contributed by atoms with E-state index in [1.54, 1.807) is 7.11 Å². The number of hydrogen-bond acceptors (Lipinski definition) is 5. The third kappa shape index (κ3) is 7.58. The highest BCUT2D eigenvalue weighted by molar-refractivity contribution is 7.90. The van der Waals surface area contributed by atoms with E-state index in [1.165, 1.54) is 0 Å². The van der Waals surface area contributed by atoms with E-state index >= 15 is 0 Å². The van der Waals surface area contributed by atoms with Gasteiger partial charge in [-0.05, 0) is 35.2 Å². The molecule has 1 unspecified atom stereocenters. The number of methoxy groups -OCH3 is 1. The Morgan fingerprint density at radius 2 is 1.59 bits per heavy atom. The van der Waals surface area contributed by atoms with Crippen LogP contribution in [0.15, 0.2) is 48.5 Å². The second-order valence-corrected chi connectivity index (χ2v) is 8.43. The van der Waals surface area contributed by atoms with Crippen molar-refractivity contribution in [2.24, 2.45) is 5.73 Å². The van der Waals surface area contributed by atoms with Gasteiger partial charge in [0.15, 0.2) is 0 Å².